The third kappa shape index (κ3) is 4.54. The highest BCUT2D eigenvalue weighted by molar-refractivity contribution is 14.1. The van der Waals surface area contributed by atoms with E-state index in [0.29, 0.717) is 12.5 Å². The Labute approximate surface area is 129 Å². The van der Waals surface area contributed by atoms with E-state index in [0.717, 1.165) is 22.2 Å². The van der Waals surface area contributed by atoms with E-state index < -0.39 is 0 Å². The van der Waals surface area contributed by atoms with E-state index in [2.05, 4.69) is 39.4 Å². The Morgan fingerprint density at radius 3 is 2.68 bits per heavy atom. The molecule has 0 N–H and O–H groups in total. The number of nitrogens with zero attached hydrogens (tertiary/aromatic N) is 2. The van der Waals surface area contributed by atoms with Gasteiger partial charge in [-0.1, -0.05) is 12.1 Å². The molecular formula is C15H21IN2O. The second-order valence-corrected chi connectivity index (χ2v) is 6.79. The molecule has 0 spiro atoms. The number of halogens is 1. The summed E-state index contributed by atoms with van der Waals surface area (Å²) in [4.78, 5) is 16.7. The third-order valence-electron chi connectivity index (χ3n) is 3.64. The van der Waals surface area contributed by atoms with Gasteiger partial charge in [-0.3, -0.25) is 9.69 Å². The Hall–Kier alpha value is -0.460. The molecule has 1 aromatic rings. The first-order valence-corrected chi connectivity index (χ1v) is 7.78. The quantitative estimate of drug-likeness (QED) is 0.586. The van der Waals surface area contributed by atoms with Gasteiger partial charge in [-0.2, -0.15) is 0 Å². The summed E-state index contributed by atoms with van der Waals surface area (Å²) in [7, 11) is 4.21. The van der Waals surface area contributed by atoms with Gasteiger partial charge >= 0.3 is 0 Å². The maximum absolute atomic E-state index is 12.1. The van der Waals surface area contributed by atoms with Crippen LogP contribution in [0.2, 0.25) is 0 Å². The van der Waals surface area contributed by atoms with Gasteiger partial charge in [0.2, 0.25) is 0 Å². The molecule has 0 saturated carbocycles. The minimum absolute atomic E-state index is 0.213. The first kappa shape index (κ1) is 14.9. The van der Waals surface area contributed by atoms with Crippen LogP contribution in [0.5, 0.6) is 0 Å². The largest absolute Gasteiger partial charge is 0.306 e. The lowest BCUT2D eigenvalue weighted by Crippen LogP contribution is -2.31. The topological polar surface area (TPSA) is 23.6 Å². The molecule has 1 saturated heterocycles. The third-order valence-corrected chi connectivity index (χ3v) is 4.36. The highest BCUT2D eigenvalue weighted by atomic mass is 127. The van der Waals surface area contributed by atoms with Crippen molar-refractivity contribution in [3.05, 3.63) is 33.4 Å². The van der Waals surface area contributed by atoms with Crippen molar-refractivity contribution in [3.63, 3.8) is 0 Å². The fourth-order valence-electron chi connectivity index (χ4n) is 2.65. The molecule has 104 valence electrons. The maximum atomic E-state index is 12.1. The number of likely N-dealkylation sites (tertiary alicyclic amines) is 1. The van der Waals surface area contributed by atoms with Crippen molar-refractivity contribution in [1.29, 1.82) is 0 Å². The van der Waals surface area contributed by atoms with E-state index in [-0.39, 0.29) is 5.78 Å². The minimum atomic E-state index is 0.213. The summed E-state index contributed by atoms with van der Waals surface area (Å²) in [5, 5.41) is 0. The van der Waals surface area contributed by atoms with Gasteiger partial charge in [-0.25, -0.2) is 0 Å². The van der Waals surface area contributed by atoms with Crippen LogP contribution in [0.15, 0.2) is 24.3 Å². The number of benzene rings is 1. The Bertz CT molecular complexity index is 432. The van der Waals surface area contributed by atoms with Crippen molar-refractivity contribution in [3.8, 4) is 0 Å². The fraction of sp³-hybridized carbons (Fsp3) is 0.533. The van der Waals surface area contributed by atoms with Crippen LogP contribution in [-0.4, -0.2) is 55.9 Å². The first-order chi connectivity index (χ1) is 9.04. The average Bonchev–Trinajstić information content (AvgIpc) is 2.75. The van der Waals surface area contributed by atoms with E-state index in [4.69, 9.17) is 0 Å². The number of rotatable bonds is 5. The Morgan fingerprint density at radius 2 is 2.11 bits per heavy atom. The fourth-order valence-corrected chi connectivity index (χ4v) is 3.01. The molecule has 0 amide bonds. The molecule has 1 aliphatic rings. The van der Waals surface area contributed by atoms with Crippen LogP contribution < -0.4 is 0 Å². The van der Waals surface area contributed by atoms with E-state index >= 15 is 0 Å². The summed E-state index contributed by atoms with van der Waals surface area (Å²) in [5.74, 6) is 0.921. The summed E-state index contributed by atoms with van der Waals surface area (Å²) < 4.78 is 1.16. The molecule has 0 aliphatic carbocycles. The lowest BCUT2D eigenvalue weighted by molar-refractivity contribution is 0.0938. The summed E-state index contributed by atoms with van der Waals surface area (Å²) in [5.41, 5.74) is 0.816. The smallest absolute Gasteiger partial charge is 0.176 e. The molecule has 0 bridgehead atoms. The van der Waals surface area contributed by atoms with E-state index in [1.807, 2.05) is 31.3 Å². The van der Waals surface area contributed by atoms with Gasteiger partial charge in [-0.15, -0.1) is 0 Å². The normalized spacial score (nSPS) is 20.1. The van der Waals surface area contributed by atoms with Crippen molar-refractivity contribution in [2.45, 2.75) is 6.42 Å². The second-order valence-electron chi connectivity index (χ2n) is 5.54. The highest BCUT2D eigenvalue weighted by Gasteiger charge is 2.21. The Morgan fingerprint density at radius 1 is 1.42 bits per heavy atom. The highest BCUT2D eigenvalue weighted by Crippen LogP contribution is 2.15. The SMILES string of the molecule is CN1CCC(CN(C)CC(=O)c2ccc(I)cc2)C1. The van der Waals surface area contributed by atoms with Gasteiger partial charge in [0.1, 0.15) is 0 Å². The Balaban J connectivity index is 1.83. The Kier molecular flexibility index (Phi) is 5.36. The molecule has 1 aromatic carbocycles. The molecule has 1 fully saturated rings. The average molecular weight is 372 g/mol. The van der Waals surface area contributed by atoms with Crippen molar-refractivity contribution >= 4 is 28.4 Å². The molecule has 1 heterocycles. The zero-order chi connectivity index (χ0) is 13.8. The van der Waals surface area contributed by atoms with Crippen LogP contribution in [0, 0.1) is 9.49 Å². The van der Waals surface area contributed by atoms with Gasteiger partial charge in [0.05, 0.1) is 6.54 Å². The second kappa shape index (κ2) is 6.81. The molecular weight excluding hydrogens is 351 g/mol. The summed E-state index contributed by atoms with van der Waals surface area (Å²) in [6, 6.07) is 7.81. The van der Waals surface area contributed by atoms with Crippen molar-refractivity contribution < 1.29 is 4.79 Å². The zero-order valence-electron chi connectivity index (χ0n) is 11.6. The number of carbonyl (C=O) groups excluding carboxylic acids is 1. The molecule has 3 nitrogen and oxygen atoms in total. The predicted octanol–water partition coefficient (Wildman–Crippen LogP) is 2.36. The van der Waals surface area contributed by atoms with Gasteiger partial charge in [0.15, 0.2) is 5.78 Å². The van der Waals surface area contributed by atoms with Crippen LogP contribution in [0.1, 0.15) is 16.8 Å². The predicted molar refractivity (Wildman–Crippen MR) is 86.6 cm³/mol. The molecule has 2 rings (SSSR count). The summed E-state index contributed by atoms with van der Waals surface area (Å²) in [6.07, 6.45) is 1.25. The van der Waals surface area contributed by atoms with Crippen molar-refractivity contribution in [2.75, 3.05) is 40.3 Å². The monoisotopic (exact) mass is 372 g/mol. The van der Waals surface area contributed by atoms with Crippen molar-refractivity contribution in [2.24, 2.45) is 5.92 Å². The molecule has 0 radical (unpaired) electrons. The van der Waals surface area contributed by atoms with Crippen LogP contribution in [0.25, 0.3) is 0 Å². The number of hydrogen-bond donors (Lipinski definition) is 0. The van der Waals surface area contributed by atoms with Gasteiger partial charge in [0.25, 0.3) is 0 Å². The maximum Gasteiger partial charge on any atom is 0.176 e. The molecule has 1 unspecified atom stereocenters. The van der Waals surface area contributed by atoms with Gasteiger partial charge < -0.3 is 4.90 Å². The van der Waals surface area contributed by atoms with Crippen LogP contribution >= 0.6 is 22.6 Å². The summed E-state index contributed by atoms with van der Waals surface area (Å²) in [6.45, 7) is 3.87. The number of ketones is 1. The molecule has 1 atom stereocenters. The molecule has 4 heteroatoms. The minimum Gasteiger partial charge on any atom is -0.306 e. The van der Waals surface area contributed by atoms with Gasteiger partial charge in [0, 0.05) is 22.2 Å². The molecule has 19 heavy (non-hydrogen) atoms. The standard InChI is InChI=1S/C15H21IN2O/c1-17-8-7-12(9-17)10-18(2)11-15(19)13-3-5-14(16)6-4-13/h3-6,12H,7-11H2,1-2H3. The zero-order valence-corrected chi connectivity index (χ0v) is 13.8. The van der Waals surface area contributed by atoms with E-state index in [9.17, 15) is 4.79 Å². The van der Waals surface area contributed by atoms with Crippen molar-refractivity contribution in [1.82, 2.24) is 9.80 Å². The molecule has 1 aliphatic heterocycles. The first-order valence-electron chi connectivity index (χ1n) is 6.70. The van der Waals surface area contributed by atoms with E-state index in [1.165, 1.54) is 13.0 Å². The van der Waals surface area contributed by atoms with Crippen LogP contribution in [0.4, 0.5) is 0 Å². The lowest BCUT2D eigenvalue weighted by Gasteiger charge is -2.20. The number of Topliss-reactive ketones (excluding diaryl/α,β-unsaturated/α-hetero) is 1. The number of hydrogen-bond acceptors (Lipinski definition) is 3. The van der Waals surface area contributed by atoms with Crippen LogP contribution in [-0.2, 0) is 0 Å². The lowest BCUT2D eigenvalue weighted by atomic mass is 10.1. The van der Waals surface area contributed by atoms with Crippen LogP contribution in [0.3, 0.4) is 0 Å². The van der Waals surface area contributed by atoms with Gasteiger partial charge in [-0.05, 0) is 67.7 Å². The number of likely N-dealkylation sites (N-methyl/N-ethyl adjacent to an activating group) is 1. The molecule has 0 aromatic heterocycles. The number of carbonyl (C=O) groups is 1. The van der Waals surface area contributed by atoms with E-state index in [1.54, 1.807) is 0 Å². The summed E-state index contributed by atoms with van der Waals surface area (Å²) >= 11 is 2.25.